The number of rotatable bonds is 11. The van der Waals surface area contributed by atoms with E-state index < -0.39 is 0 Å². The molecule has 0 aromatic heterocycles. The van der Waals surface area contributed by atoms with Crippen molar-refractivity contribution < 1.29 is 5.11 Å². The second-order valence-electron chi connectivity index (χ2n) is 4.81. The maximum absolute atomic E-state index is 8.64. The van der Waals surface area contributed by atoms with Crippen LogP contribution in [0.2, 0.25) is 0 Å². The highest BCUT2D eigenvalue weighted by molar-refractivity contribution is 5.14. The molecule has 0 saturated carbocycles. The number of aliphatic hydroxyl groups is 1. The first-order valence-electron chi connectivity index (χ1n) is 7.66. The molecule has 0 heterocycles. The Kier molecular flexibility index (Phi) is 15.6. The van der Waals surface area contributed by atoms with Gasteiger partial charge in [0.2, 0.25) is 0 Å². The molecule has 0 unspecified atom stereocenters. The molecule has 0 spiro atoms. The van der Waals surface area contributed by atoms with E-state index in [9.17, 15) is 0 Å². The largest absolute Gasteiger partial charge is 0.396 e. The minimum atomic E-state index is 0.349. The molecule has 0 amide bonds. The molecule has 1 N–H and O–H groups in total. The molecule has 0 aliphatic rings. The van der Waals surface area contributed by atoms with Gasteiger partial charge in [-0.05, 0) is 25.3 Å². The second kappa shape index (κ2) is 16.3. The zero-order valence-electron chi connectivity index (χ0n) is 12.1. The van der Waals surface area contributed by atoms with E-state index >= 15 is 0 Å². The van der Waals surface area contributed by atoms with Gasteiger partial charge in [-0.3, -0.25) is 0 Å². The Bertz CT molecular complexity index is 232. The number of hydrogen-bond donors (Lipinski definition) is 1. The molecule has 0 aromatic carbocycles. The number of aliphatic hydroxyl groups excluding tert-OH is 1. The Hall–Kier alpha value is -0.740. The van der Waals surface area contributed by atoms with Crippen LogP contribution in [0.3, 0.4) is 0 Å². The minimum absolute atomic E-state index is 0.349. The van der Waals surface area contributed by atoms with Gasteiger partial charge in [0.1, 0.15) is 0 Å². The Morgan fingerprint density at radius 2 is 1.56 bits per heavy atom. The standard InChI is InChI=1S/C17H30O/c1-2-3-4-5-6-7-8-9-10-11-12-13-14-15-16-17-18/h5-6,18H,2-4,9-17H2,1H3/b6-5-. The zero-order chi connectivity index (χ0) is 13.3. The molecule has 0 saturated heterocycles. The molecule has 0 aliphatic heterocycles. The average Bonchev–Trinajstić information content (AvgIpc) is 2.39. The first kappa shape index (κ1) is 17.3. The van der Waals surface area contributed by atoms with Crippen LogP contribution >= 0.6 is 0 Å². The Morgan fingerprint density at radius 3 is 2.22 bits per heavy atom. The van der Waals surface area contributed by atoms with E-state index in [4.69, 9.17) is 5.11 Å². The molecule has 0 fully saturated rings. The third kappa shape index (κ3) is 15.3. The van der Waals surface area contributed by atoms with Crippen LogP contribution in [-0.2, 0) is 0 Å². The van der Waals surface area contributed by atoms with E-state index in [1.165, 1.54) is 57.8 Å². The highest BCUT2D eigenvalue weighted by Crippen LogP contribution is 2.07. The molecule has 18 heavy (non-hydrogen) atoms. The third-order valence-electron chi connectivity index (χ3n) is 2.99. The van der Waals surface area contributed by atoms with Crippen LogP contribution < -0.4 is 0 Å². The summed E-state index contributed by atoms with van der Waals surface area (Å²) in [7, 11) is 0. The maximum Gasteiger partial charge on any atom is 0.0431 e. The van der Waals surface area contributed by atoms with Crippen molar-refractivity contribution in [3.8, 4) is 11.8 Å². The number of unbranched alkanes of at least 4 members (excludes halogenated alkanes) is 9. The van der Waals surface area contributed by atoms with Gasteiger partial charge in [-0.15, -0.1) is 0 Å². The molecule has 0 aromatic rings. The van der Waals surface area contributed by atoms with Crippen molar-refractivity contribution in [2.24, 2.45) is 0 Å². The first-order valence-corrected chi connectivity index (χ1v) is 7.66. The smallest absolute Gasteiger partial charge is 0.0431 e. The summed E-state index contributed by atoms with van der Waals surface area (Å²) in [6, 6.07) is 0. The zero-order valence-corrected chi connectivity index (χ0v) is 12.1. The van der Waals surface area contributed by atoms with Crippen molar-refractivity contribution in [2.45, 2.75) is 77.6 Å². The van der Waals surface area contributed by atoms with Crippen LogP contribution in [0.5, 0.6) is 0 Å². The van der Waals surface area contributed by atoms with Crippen molar-refractivity contribution in [1.29, 1.82) is 0 Å². The molecule has 0 rings (SSSR count). The first-order chi connectivity index (χ1) is 8.91. The second-order valence-corrected chi connectivity index (χ2v) is 4.81. The lowest BCUT2D eigenvalue weighted by Crippen LogP contribution is -1.83. The predicted octanol–water partition coefficient (Wildman–Crippen LogP) is 4.85. The molecule has 104 valence electrons. The molecular formula is C17H30O. The SMILES string of the molecule is CCCC/C=C\C#CCCCCCCCCCO. The van der Waals surface area contributed by atoms with E-state index in [1.54, 1.807) is 0 Å². The summed E-state index contributed by atoms with van der Waals surface area (Å²) in [5, 5.41) is 8.64. The molecule has 1 nitrogen and oxygen atoms in total. The van der Waals surface area contributed by atoms with Crippen LogP contribution in [0.1, 0.15) is 77.6 Å². The van der Waals surface area contributed by atoms with Gasteiger partial charge in [-0.2, -0.15) is 0 Å². The molecule has 0 radical (unpaired) electrons. The number of allylic oxidation sites excluding steroid dienone is 2. The lowest BCUT2D eigenvalue weighted by molar-refractivity contribution is 0.282. The van der Waals surface area contributed by atoms with Gasteiger partial charge in [0.15, 0.2) is 0 Å². The van der Waals surface area contributed by atoms with E-state index in [1.807, 2.05) is 6.08 Å². The average molecular weight is 250 g/mol. The van der Waals surface area contributed by atoms with Gasteiger partial charge < -0.3 is 5.11 Å². The Morgan fingerprint density at radius 1 is 0.889 bits per heavy atom. The lowest BCUT2D eigenvalue weighted by Gasteiger charge is -1.98. The lowest BCUT2D eigenvalue weighted by atomic mass is 10.1. The fraction of sp³-hybridized carbons (Fsp3) is 0.765. The predicted molar refractivity (Wildman–Crippen MR) is 80.5 cm³/mol. The molecule has 0 atom stereocenters. The summed E-state index contributed by atoms with van der Waals surface area (Å²) in [6.45, 7) is 2.56. The maximum atomic E-state index is 8.64. The molecule has 0 bridgehead atoms. The highest BCUT2D eigenvalue weighted by Gasteiger charge is 1.90. The van der Waals surface area contributed by atoms with Crippen molar-refractivity contribution >= 4 is 0 Å². The van der Waals surface area contributed by atoms with Crippen molar-refractivity contribution in [3.05, 3.63) is 12.2 Å². The van der Waals surface area contributed by atoms with Gasteiger partial charge >= 0.3 is 0 Å². The summed E-state index contributed by atoms with van der Waals surface area (Å²) < 4.78 is 0. The summed E-state index contributed by atoms with van der Waals surface area (Å²) in [6.07, 6.45) is 17.5. The van der Waals surface area contributed by atoms with E-state index in [-0.39, 0.29) is 0 Å². The quantitative estimate of drug-likeness (QED) is 0.410. The van der Waals surface area contributed by atoms with Crippen LogP contribution in [0, 0.1) is 11.8 Å². The fourth-order valence-electron chi connectivity index (χ4n) is 1.80. The minimum Gasteiger partial charge on any atom is -0.396 e. The van der Waals surface area contributed by atoms with Crippen LogP contribution in [0.15, 0.2) is 12.2 Å². The van der Waals surface area contributed by atoms with Gasteiger partial charge in [0.25, 0.3) is 0 Å². The fourth-order valence-corrected chi connectivity index (χ4v) is 1.80. The monoisotopic (exact) mass is 250 g/mol. The van der Waals surface area contributed by atoms with Crippen molar-refractivity contribution in [2.75, 3.05) is 6.61 Å². The summed E-state index contributed by atoms with van der Waals surface area (Å²) in [5.41, 5.74) is 0. The molecular weight excluding hydrogens is 220 g/mol. The summed E-state index contributed by atoms with van der Waals surface area (Å²) in [5.74, 6) is 6.31. The van der Waals surface area contributed by atoms with E-state index in [0.29, 0.717) is 6.61 Å². The third-order valence-corrected chi connectivity index (χ3v) is 2.99. The van der Waals surface area contributed by atoms with E-state index in [2.05, 4.69) is 24.8 Å². The van der Waals surface area contributed by atoms with Crippen LogP contribution in [0.25, 0.3) is 0 Å². The van der Waals surface area contributed by atoms with Gasteiger partial charge in [-0.1, -0.05) is 69.8 Å². The van der Waals surface area contributed by atoms with Gasteiger partial charge in [0.05, 0.1) is 0 Å². The number of hydrogen-bond acceptors (Lipinski definition) is 1. The molecule has 0 aliphatic carbocycles. The van der Waals surface area contributed by atoms with Crippen molar-refractivity contribution in [1.82, 2.24) is 0 Å². The summed E-state index contributed by atoms with van der Waals surface area (Å²) in [4.78, 5) is 0. The van der Waals surface area contributed by atoms with E-state index in [0.717, 1.165) is 12.8 Å². The van der Waals surface area contributed by atoms with Crippen LogP contribution in [0.4, 0.5) is 0 Å². The normalized spacial score (nSPS) is 10.6. The van der Waals surface area contributed by atoms with Gasteiger partial charge in [-0.25, -0.2) is 0 Å². The highest BCUT2D eigenvalue weighted by atomic mass is 16.2. The summed E-state index contributed by atoms with van der Waals surface area (Å²) >= 11 is 0. The van der Waals surface area contributed by atoms with Crippen molar-refractivity contribution in [3.63, 3.8) is 0 Å². The van der Waals surface area contributed by atoms with Gasteiger partial charge in [0, 0.05) is 13.0 Å². The topological polar surface area (TPSA) is 20.2 Å². The Balaban J connectivity index is 3.15. The van der Waals surface area contributed by atoms with Crippen LogP contribution in [-0.4, -0.2) is 11.7 Å². The Labute approximate surface area is 114 Å². The molecule has 1 heteroatoms.